The lowest BCUT2D eigenvalue weighted by molar-refractivity contribution is 0.109. The summed E-state index contributed by atoms with van der Waals surface area (Å²) in [6.45, 7) is 6.84. The molecule has 2 N–H and O–H groups in total. The van der Waals surface area contributed by atoms with Gasteiger partial charge in [0.15, 0.2) is 0 Å². The van der Waals surface area contributed by atoms with Gasteiger partial charge in [0.1, 0.15) is 0 Å². The first-order valence-corrected chi connectivity index (χ1v) is 6.88. The topological polar surface area (TPSA) is 44.4 Å². The van der Waals surface area contributed by atoms with Crippen LogP contribution in [0.25, 0.3) is 0 Å². The third-order valence-electron chi connectivity index (χ3n) is 3.98. The van der Waals surface area contributed by atoms with Gasteiger partial charge >= 0.3 is 6.03 Å². The molecule has 2 fully saturated rings. The number of urea groups is 1. The van der Waals surface area contributed by atoms with Gasteiger partial charge in [-0.2, -0.15) is 0 Å². The number of piperazine rings is 1. The summed E-state index contributed by atoms with van der Waals surface area (Å²) < 4.78 is 0. The van der Waals surface area contributed by atoms with Gasteiger partial charge in [-0.3, -0.25) is 0 Å². The van der Waals surface area contributed by atoms with Crippen LogP contribution >= 0.6 is 0 Å². The molecule has 0 aromatic heterocycles. The molecular weight excluding hydrogens is 214 g/mol. The van der Waals surface area contributed by atoms with Gasteiger partial charge in [0.05, 0.1) is 5.54 Å². The van der Waals surface area contributed by atoms with Gasteiger partial charge in [-0.25, -0.2) is 4.79 Å². The summed E-state index contributed by atoms with van der Waals surface area (Å²) >= 11 is 0. The molecule has 98 valence electrons. The van der Waals surface area contributed by atoms with Crippen LogP contribution < -0.4 is 10.6 Å². The highest BCUT2D eigenvalue weighted by molar-refractivity contribution is 5.75. The Hall–Kier alpha value is -0.770. The molecule has 0 aromatic carbocycles. The van der Waals surface area contributed by atoms with Crippen LogP contribution in [0.1, 0.15) is 46.0 Å². The SMILES string of the molecule is CC1(C)CNCCN1C(=O)NC1CCCCC1. The molecule has 1 aliphatic carbocycles. The van der Waals surface area contributed by atoms with E-state index in [1.807, 2.05) is 4.90 Å². The van der Waals surface area contributed by atoms with E-state index in [-0.39, 0.29) is 11.6 Å². The fourth-order valence-electron chi connectivity index (χ4n) is 2.86. The fraction of sp³-hybridized carbons (Fsp3) is 0.923. The lowest BCUT2D eigenvalue weighted by atomic mass is 9.95. The summed E-state index contributed by atoms with van der Waals surface area (Å²) in [4.78, 5) is 14.3. The lowest BCUT2D eigenvalue weighted by Crippen LogP contribution is -2.62. The average Bonchev–Trinajstić information content (AvgIpc) is 2.29. The van der Waals surface area contributed by atoms with Crippen molar-refractivity contribution >= 4 is 6.03 Å². The van der Waals surface area contributed by atoms with Gasteiger partial charge in [-0.05, 0) is 26.7 Å². The third-order valence-corrected chi connectivity index (χ3v) is 3.98. The predicted molar refractivity (Wildman–Crippen MR) is 69.1 cm³/mol. The Morgan fingerprint density at radius 2 is 2.00 bits per heavy atom. The van der Waals surface area contributed by atoms with E-state index in [1.54, 1.807) is 0 Å². The van der Waals surface area contributed by atoms with Gasteiger partial charge in [0, 0.05) is 25.7 Å². The monoisotopic (exact) mass is 239 g/mol. The zero-order chi connectivity index (χ0) is 12.3. The Kier molecular flexibility index (Phi) is 3.92. The van der Waals surface area contributed by atoms with Gasteiger partial charge in [0.25, 0.3) is 0 Å². The summed E-state index contributed by atoms with van der Waals surface area (Å²) in [7, 11) is 0. The highest BCUT2D eigenvalue weighted by Gasteiger charge is 2.34. The van der Waals surface area contributed by atoms with Gasteiger partial charge < -0.3 is 15.5 Å². The normalized spacial score (nSPS) is 25.6. The molecule has 1 saturated heterocycles. The summed E-state index contributed by atoms with van der Waals surface area (Å²) in [6, 6.07) is 0.533. The van der Waals surface area contributed by atoms with Crippen LogP contribution in [0.15, 0.2) is 0 Å². The van der Waals surface area contributed by atoms with Crippen LogP contribution in [0.3, 0.4) is 0 Å². The maximum absolute atomic E-state index is 12.3. The van der Waals surface area contributed by atoms with E-state index in [2.05, 4.69) is 24.5 Å². The number of carbonyl (C=O) groups excluding carboxylic acids is 1. The quantitative estimate of drug-likeness (QED) is 0.731. The van der Waals surface area contributed by atoms with Crippen molar-refractivity contribution in [3.8, 4) is 0 Å². The van der Waals surface area contributed by atoms with Crippen molar-refractivity contribution in [1.29, 1.82) is 0 Å². The van der Waals surface area contributed by atoms with E-state index in [0.29, 0.717) is 6.04 Å². The average molecular weight is 239 g/mol. The molecule has 0 radical (unpaired) electrons. The molecule has 1 heterocycles. The van der Waals surface area contributed by atoms with Crippen molar-refractivity contribution in [3.63, 3.8) is 0 Å². The Labute approximate surface area is 104 Å². The summed E-state index contributed by atoms with van der Waals surface area (Å²) in [5.74, 6) is 0. The molecule has 4 nitrogen and oxygen atoms in total. The number of carbonyl (C=O) groups is 1. The lowest BCUT2D eigenvalue weighted by Gasteiger charge is -2.43. The molecule has 0 spiro atoms. The Bertz CT molecular complexity index is 272. The number of rotatable bonds is 1. The number of nitrogens with zero attached hydrogens (tertiary/aromatic N) is 1. The molecular formula is C13H25N3O. The molecule has 0 aromatic rings. The molecule has 2 amide bonds. The predicted octanol–water partition coefficient (Wildman–Crippen LogP) is 1.71. The maximum Gasteiger partial charge on any atom is 0.318 e. The van der Waals surface area contributed by atoms with Crippen molar-refractivity contribution in [2.75, 3.05) is 19.6 Å². The largest absolute Gasteiger partial charge is 0.335 e. The summed E-state index contributed by atoms with van der Waals surface area (Å²) in [5.41, 5.74) is -0.0724. The first-order chi connectivity index (χ1) is 8.09. The fourth-order valence-corrected chi connectivity index (χ4v) is 2.86. The second-order valence-electron chi connectivity index (χ2n) is 5.93. The van der Waals surface area contributed by atoms with E-state index >= 15 is 0 Å². The maximum atomic E-state index is 12.3. The Balaban J connectivity index is 1.89. The number of hydrogen-bond acceptors (Lipinski definition) is 2. The zero-order valence-electron chi connectivity index (χ0n) is 11.1. The van der Waals surface area contributed by atoms with Crippen LogP contribution in [0.5, 0.6) is 0 Å². The van der Waals surface area contributed by atoms with Gasteiger partial charge in [-0.1, -0.05) is 19.3 Å². The molecule has 0 unspecified atom stereocenters. The minimum Gasteiger partial charge on any atom is -0.335 e. The number of hydrogen-bond donors (Lipinski definition) is 2. The van der Waals surface area contributed by atoms with E-state index < -0.39 is 0 Å². The minimum absolute atomic E-state index is 0.0724. The van der Waals surface area contributed by atoms with Crippen molar-refractivity contribution < 1.29 is 4.79 Å². The van der Waals surface area contributed by atoms with E-state index in [9.17, 15) is 4.79 Å². The Morgan fingerprint density at radius 3 is 2.65 bits per heavy atom. The summed E-state index contributed by atoms with van der Waals surface area (Å²) in [5, 5.41) is 6.55. The molecule has 2 rings (SSSR count). The second kappa shape index (κ2) is 5.25. The van der Waals surface area contributed by atoms with Crippen LogP contribution in [-0.2, 0) is 0 Å². The molecule has 0 bridgehead atoms. The van der Waals surface area contributed by atoms with Crippen molar-refractivity contribution in [3.05, 3.63) is 0 Å². The highest BCUT2D eigenvalue weighted by atomic mass is 16.2. The number of nitrogens with one attached hydrogen (secondary N) is 2. The highest BCUT2D eigenvalue weighted by Crippen LogP contribution is 2.20. The smallest absolute Gasteiger partial charge is 0.318 e. The number of amides is 2. The standard InChI is InChI=1S/C13H25N3O/c1-13(2)10-14-8-9-16(13)12(17)15-11-6-4-3-5-7-11/h11,14H,3-10H2,1-2H3,(H,15,17). The molecule has 1 saturated carbocycles. The van der Waals surface area contributed by atoms with Gasteiger partial charge in [0.2, 0.25) is 0 Å². The van der Waals surface area contributed by atoms with Crippen molar-refractivity contribution in [2.24, 2.45) is 0 Å². The third kappa shape index (κ3) is 3.12. The summed E-state index contributed by atoms with van der Waals surface area (Å²) in [6.07, 6.45) is 6.15. The van der Waals surface area contributed by atoms with Crippen LogP contribution in [0, 0.1) is 0 Å². The van der Waals surface area contributed by atoms with Gasteiger partial charge in [-0.15, -0.1) is 0 Å². The Morgan fingerprint density at radius 1 is 1.29 bits per heavy atom. The van der Waals surface area contributed by atoms with Crippen LogP contribution in [0.2, 0.25) is 0 Å². The van der Waals surface area contributed by atoms with Crippen molar-refractivity contribution in [1.82, 2.24) is 15.5 Å². The first-order valence-electron chi connectivity index (χ1n) is 6.88. The second-order valence-corrected chi connectivity index (χ2v) is 5.93. The first kappa shape index (κ1) is 12.7. The minimum atomic E-state index is -0.0724. The molecule has 2 aliphatic rings. The van der Waals surface area contributed by atoms with E-state index in [1.165, 1.54) is 19.3 Å². The zero-order valence-corrected chi connectivity index (χ0v) is 11.1. The van der Waals surface area contributed by atoms with Crippen LogP contribution in [-0.4, -0.2) is 42.1 Å². The van der Waals surface area contributed by atoms with Crippen LogP contribution in [0.4, 0.5) is 4.79 Å². The van der Waals surface area contributed by atoms with E-state index in [0.717, 1.165) is 32.5 Å². The molecule has 1 aliphatic heterocycles. The van der Waals surface area contributed by atoms with E-state index in [4.69, 9.17) is 0 Å². The molecule has 4 heteroatoms. The molecule has 0 atom stereocenters. The molecule has 17 heavy (non-hydrogen) atoms. The van der Waals surface area contributed by atoms with Crippen molar-refractivity contribution in [2.45, 2.75) is 57.5 Å².